The van der Waals surface area contributed by atoms with Crippen molar-refractivity contribution in [3.05, 3.63) is 70.2 Å². The number of aliphatic hydroxyl groups excluding tert-OH is 1. The SMILES string of the molecule is COc1ccc(C(=O)C2C(O)C(=O)N(c3nnc(C)s3)C2c2ccc(C(=O)O)cc2)cc1. The topological polar surface area (TPSA) is 130 Å². The maximum atomic E-state index is 13.4. The molecule has 0 saturated carbocycles. The first-order chi connectivity index (χ1) is 15.3. The lowest BCUT2D eigenvalue weighted by Crippen LogP contribution is -2.30. The molecule has 2 heterocycles. The second-order valence-corrected chi connectivity index (χ2v) is 8.41. The van der Waals surface area contributed by atoms with Crippen LogP contribution in [0.15, 0.2) is 48.5 Å². The number of hydrogen-bond acceptors (Lipinski definition) is 8. The predicted octanol–water partition coefficient (Wildman–Crippen LogP) is 2.50. The van der Waals surface area contributed by atoms with Crippen molar-refractivity contribution in [1.82, 2.24) is 10.2 Å². The highest BCUT2D eigenvalue weighted by molar-refractivity contribution is 7.15. The minimum Gasteiger partial charge on any atom is -0.497 e. The van der Waals surface area contributed by atoms with E-state index in [0.29, 0.717) is 21.9 Å². The molecule has 1 aliphatic rings. The largest absolute Gasteiger partial charge is 0.497 e. The van der Waals surface area contributed by atoms with Gasteiger partial charge in [0.05, 0.1) is 24.6 Å². The van der Waals surface area contributed by atoms with Crippen LogP contribution in [0, 0.1) is 12.8 Å². The molecule has 0 aliphatic carbocycles. The average molecular weight is 453 g/mol. The zero-order chi connectivity index (χ0) is 23.0. The van der Waals surface area contributed by atoms with E-state index in [-0.39, 0.29) is 10.7 Å². The molecule has 1 saturated heterocycles. The van der Waals surface area contributed by atoms with Gasteiger partial charge in [0.1, 0.15) is 16.9 Å². The summed E-state index contributed by atoms with van der Waals surface area (Å²) in [6.07, 6.45) is -1.60. The molecule has 3 unspecified atom stereocenters. The van der Waals surface area contributed by atoms with Gasteiger partial charge in [-0.15, -0.1) is 10.2 Å². The number of nitrogens with zero attached hydrogens (tertiary/aromatic N) is 3. The first-order valence-electron chi connectivity index (χ1n) is 9.64. The summed E-state index contributed by atoms with van der Waals surface area (Å²) in [6.45, 7) is 1.73. The molecule has 1 aliphatic heterocycles. The number of aromatic nitrogens is 2. The molecule has 0 bridgehead atoms. The minimum absolute atomic E-state index is 0.0648. The summed E-state index contributed by atoms with van der Waals surface area (Å²) in [7, 11) is 1.51. The summed E-state index contributed by atoms with van der Waals surface area (Å²) in [5, 5.41) is 28.9. The highest BCUT2D eigenvalue weighted by atomic mass is 32.1. The second-order valence-electron chi connectivity index (χ2n) is 7.25. The van der Waals surface area contributed by atoms with Gasteiger partial charge >= 0.3 is 5.97 Å². The molecule has 1 aromatic heterocycles. The molecule has 10 heteroatoms. The number of carboxylic acid groups (broad SMARTS) is 1. The quantitative estimate of drug-likeness (QED) is 0.545. The van der Waals surface area contributed by atoms with Gasteiger partial charge in [0, 0.05) is 5.56 Å². The molecule has 3 atom stereocenters. The van der Waals surface area contributed by atoms with Crippen LogP contribution in [0.5, 0.6) is 5.75 Å². The van der Waals surface area contributed by atoms with Crippen molar-refractivity contribution in [2.75, 3.05) is 12.0 Å². The van der Waals surface area contributed by atoms with Gasteiger partial charge in [-0.2, -0.15) is 0 Å². The summed E-state index contributed by atoms with van der Waals surface area (Å²) >= 11 is 1.16. The number of methoxy groups -OCH3 is 1. The number of aromatic carboxylic acids is 1. The lowest BCUT2D eigenvalue weighted by Gasteiger charge is -2.26. The Morgan fingerprint density at radius 3 is 2.19 bits per heavy atom. The van der Waals surface area contributed by atoms with E-state index in [1.54, 1.807) is 31.2 Å². The summed E-state index contributed by atoms with van der Waals surface area (Å²) in [4.78, 5) is 39.0. The zero-order valence-corrected chi connectivity index (χ0v) is 17.9. The smallest absolute Gasteiger partial charge is 0.335 e. The number of aliphatic hydroxyl groups is 1. The van der Waals surface area contributed by atoms with E-state index in [2.05, 4.69) is 10.2 Å². The van der Waals surface area contributed by atoms with Crippen LogP contribution >= 0.6 is 11.3 Å². The van der Waals surface area contributed by atoms with E-state index in [0.717, 1.165) is 11.3 Å². The third kappa shape index (κ3) is 3.74. The number of carbonyl (C=O) groups is 3. The van der Waals surface area contributed by atoms with Crippen molar-refractivity contribution < 1.29 is 29.3 Å². The van der Waals surface area contributed by atoms with Crippen LogP contribution in [-0.4, -0.2) is 51.3 Å². The van der Waals surface area contributed by atoms with Crippen molar-refractivity contribution in [2.24, 2.45) is 5.92 Å². The Hall–Kier alpha value is -3.63. The number of ether oxygens (including phenoxy) is 1. The molecule has 4 rings (SSSR count). The molecular formula is C22H19N3O6S. The molecular weight excluding hydrogens is 434 g/mol. The van der Waals surface area contributed by atoms with Gasteiger partial charge in [0.25, 0.3) is 5.91 Å². The fraction of sp³-hybridized carbons (Fsp3) is 0.227. The number of amides is 1. The van der Waals surface area contributed by atoms with Crippen LogP contribution < -0.4 is 9.64 Å². The monoisotopic (exact) mass is 453 g/mol. The number of carboxylic acids is 1. The first-order valence-corrected chi connectivity index (χ1v) is 10.5. The van der Waals surface area contributed by atoms with Gasteiger partial charge in [-0.3, -0.25) is 14.5 Å². The van der Waals surface area contributed by atoms with E-state index in [1.165, 1.54) is 36.3 Å². The first kappa shape index (κ1) is 21.6. The van der Waals surface area contributed by atoms with E-state index >= 15 is 0 Å². The normalized spacial score (nSPS) is 20.4. The van der Waals surface area contributed by atoms with Crippen LogP contribution in [0.25, 0.3) is 0 Å². The Kier molecular flexibility index (Phi) is 5.72. The molecule has 32 heavy (non-hydrogen) atoms. The predicted molar refractivity (Wildman–Crippen MR) is 115 cm³/mol. The lowest BCUT2D eigenvalue weighted by molar-refractivity contribution is -0.124. The Morgan fingerprint density at radius 2 is 1.66 bits per heavy atom. The van der Waals surface area contributed by atoms with Crippen LogP contribution in [0.2, 0.25) is 0 Å². The summed E-state index contributed by atoms with van der Waals surface area (Å²) in [5.41, 5.74) is 0.875. The highest BCUT2D eigenvalue weighted by Gasteiger charge is 2.53. The number of Topliss-reactive ketones (excluding diaryl/α,β-unsaturated/α-hetero) is 1. The van der Waals surface area contributed by atoms with Crippen LogP contribution in [0.3, 0.4) is 0 Å². The van der Waals surface area contributed by atoms with E-state index in [9.17, 15) is 24.6 Å². The van der Waals surface area contributed by atoms with Gasteiger partial charge in [-0.05, 0) is 48.9 Å². The number of anilines is 1. The van der Waals surface area contributed by atoms with E-state index in [4.69, 9.17) is 4.74 Å². The van der Waals surface area contributed by atoms with Crippen molar-refractivity contribution in [3.8, 4) is 5.75 Å². The van der Waals surface area contributed by atoms with Crippen molar-refractivity contribution in [3.63, 3.8) is 0 Å². The van der Waals surface area contributed by atoms with Crippen molar-refractivity contribution >= 4 is 34.1 Å². The maximum Gasteiger partial charge on any atom is 0.335 e. The Bertz CT molecular complexity index is 1180. The molecule has 3 aromatic rings. The van der Waals surface area contributed by atoms with Gasteiger partial charge in [0.2, 0.25) is 5.13 Å². The molecule has 9 nitrogen and oxygen atoms in total. The third-order valence-corrected chi connectivity index (χ3v) is 6.18. The van der Waals surface area contributed by atoms with Crippen LogP contribution in [-0.2, 0) is 4.79 Å². The van der Waals surface area contributed by atoms with Gasteiger partial charge in [-0.25, -0.2) is 4.79 Å². The lowest BCUT2D eigenvalue weighted by atomic mass is 9.85. The summed E-state index contributed by atoms with van der Waals surface area (Å²) < 4.78 is 5.13. The summed E-state index contributed by atoms with van der Waals surface area (Å²) in [5.74, 6) is -2.75. The third-order valence-electron chi connectivity index (χ3n) is 5.35. The second kappa shape index (κ2) is 8.48. The number of rotatable bonds is 6. The maximum absolute atomic E-state index is 13.4. The van der Waals surface area contributed by atoms with Crippen molar-refractivity contribution in [1.29, 1.82) is 0 Å². The molecule has 0 radical (unpaired) electrons. The Balaban J connectivity index is 1.81. The molecule has 0 spiro atoms. The van der Waals surface area contributed by atoms with E-state index in [1.807, 2.05) is 0 Å². The van der Waals surface area contributed by atoms with Gasteiger partial charge in [0.15, 0.2) is 5.78 Å². The fourth-order valence-corrected chi connectivity index (χ4v) is 4.51. The average Bonchev–Trinajstić information content (AvgIpc) is 3.34. The van der Waals surface area contributed by atoms with Gasteiger partial charge in [-0.1, -0.05) is 23.5 Å². The number of aryl methyl sites for hydroxylation is 1. The molecule has 1 fully saturated rings. The van der Waals surface area contributed by atoms with Crippen LogP contribution in [0.1, 0.15) is 37.3 Å². The Labute approximate surface area is 186 Å². The molecule has 1 amide bonds. The van der Waals surface area contributed by atoms with Gasteiger partial charge < -0.3 is 14.9 Å². The molecule has 2 aromatic carbocycles. The molecule has 164 valence electrons. The summed E-state index contributed by atoms with van der Waals surface area (Å²) in [6, 6.07) is 11.4. The fourth-order valence-electron chi connectivity index (χ4n) is 3.78. The number of benzene rings is 2. The zero-order valence-electron chi connectivity index (χ0n) is 17.1. The van der Waals surface area contributed by atoms with Crippen LogP contribution in [0.4, 0.5) is 5.13 Å². The van der Waals surface area contributed by atoms with Crippen molar-refractivity contribution in [2.45, 2.75) is 19.1 Å². The molecule has 2 N–H and O–H groups in total. The number of hydrogen-bond donors (Lipinski definition) is 2. The highest BCUT2D eigenvalue weighted by Crippen LogP contribution is 2.44. The minimum atomic E-state index is -1.60. The van der Waals surface area contributed by atoms with E-state index < -0.39 is 35.7 Å². The number of ketones is 1. The number of carbonyl (C=O) groups excluding carboxylic acids is 2. The standard InChI is InChI=1S/C22H19N3O6S/c1-11-23-24-22(32-11)25-17(12-3-5-14(6-4-12)21(29)30)16(19(27)20(25)28)18(26)13-7-9-15(31-2)10-8-13/h3-10,16-17,19,27H,1-2H3,(H,29,30). The Morgan fingerprint density at radius 1 is 1.03 bits per heavy atom.